The number of nitrogens with one attached hydrogen (secondary N) is 1. The number of amides is 1. The summed E-state index contributed by atoms with van der Waals surface area (Å²) in [5, 5.41) is 2.68. The summed E-state index contributed by atoms with van der Waals surface area (Å²) in [6, 6.07) is 0.501. The second-order valence-electron chi connectivity index (χ2n) is 9.46. The van der Waals surface area contributed by atoms with Gasteiger partial charge in [-0.25, -0.2) is 32.9 Å². The molecular weight excluding hydrogens is 560 g/mol. The Morgan fingerprint density at radius 1 is 0.976 bits per heavy atom. The standard InChI is InChI=1S/C25H42N4O11Si/c1-5-11-34-16-21(40-22(30)26-10-9-12-41(37-6-2,38-7-3)39-8-4)15-29-24(32)27(13-19-17-35-19)23(31)28(25(29)33)14-20-18-36-20/h5,19-21H,1,6-18H2,2-4H3,(H,26,30). The van der Waals surface area contributed by atoms with Crippen molar-refractivity contribution in [2.75, 3.05) is 52.8 Å². The lowest BCUT2D eigenvalue weighted by Crippen LogP contribution is -2.56. The van der Waals surface area contributed by atoms with Crippen LogP contribution in [-0.2, 0) is 51.9 Å². The lowest BCUT2D eigenvalue weighted by molar-refractivity contribution is 0.0185. The van der Waals surface area contributed by atoms with Crippen molar-refractivity contribution in [3.63, 3.8) is 0 Å². The molecule has 0 saturated carbocycles. The summed E-state index contributed by atoms with van der Waals surface area (Å²) in [6.07, 6.45) is -0.291. The van der Waals surface area contributed by atoms with Crippen molar-refractivity contribution in [3.8, 4) is 0 Å². The summed E-state index contributed by atoms with van der Waals surface area (Å²) in [6.45, 7) is 11.4. The highest BCUT2D eigenvalue weighted by Gasteiger charge is 2.39. The Morgan fingerprint density at radius 3 is 1.95 bits per heavy atom. The highest BCUT2D eigenvalue weighted by atomic mass is 28.4. The summed E-state index contributed by atoms with van der Waals surface area (Å²) in [7, 11) is -2.86. The van der Waals surface area contributed by atoms with Gasteiger partial charge in [0.1, 0.15) is 6.10 Å². The molecule has 2 aliphatic heterocycles. The molecule has 232 valence electrons. The molecule has 0 aliphatic carbocycles. The topological polar surface area (TPSA) is 166 Å². The molecule has 0 radical (unpaired) electrons. The van der Waals surface area contributed by atoms with Gasteiger partial charge in [0.25, 0.3) is 0 Å². The number of carbonyl (C=O) groups excluding carboxylic acids is 1. The van der Waals surface area contributed by atoms with Crippen LogP contribution in [0.15, 0.2) is 27.0 Å². The monoisotopic (exact) mass is 602 g/mol. The number of ether oxygens (including phenoxy) is 4. The van der Waals surface area contributed by atoms with Crippen LogP contribution in [-0.4, -0.2) is 99.7 Å². The van der Waals surface area contributed by atoms with Crippen LogP contribution in [0.4, 0.5) is 4.79 Å². The summed E-state index contributed by atoms with van der Waals surface area (Å²) >= 11 is 0. The van der Waals surface area contributed by atoms with E-state index in [2.05, 4.69) is 11.9 Å². The molecule has 0 spiro atoms. The molecule has 1 aromatic rings. The van der Waals surface area contributed by atoms with E-state index in [1.165, 1.54) is 6.08 Å². The van der Waals surface area contributed by atoms with Crippen LogP contribution >= 0.6 is 0 Å². The maximum Gasteiger partial charge on any atom is 0.500 e. The van der Waals surface area contributed by atoms with E-state index in [1.54, 1.807) is 0 Å². The molecule has 16 heteroatoms. The summed E-state index contributed by atoms with van der Waals surface area (Å²) in [5.41, 5.74) is -2.36. The van der Waals surface area contributed by atoms with Gasteiger partial charge in [0, 0.05) is 32.4 Å². The van der Waals surface area contributed by atoms with Gasteiger partial charge in [0.15, 0.2) is 0 Å². The van der Waals surface area contributed by atoms with Crippen LogP contribution in [0.1, 0.15) is 27.2 Å². The number of hydrogen-bond acceptors (Lipinski definition) is 11. The molecule has 3 unspecified atom stereocenters. The van der Waals surface area contributed by atoms with Crippen LogP contribution in [0.25, 0.3) is 0 Å². The van der Waals surface area contributed by atoms with Crippen molar-refractivity contribution in [2.45, 2.75) is 71.2 Å². The molecule has 15 nitrogen and oxygen atoms in total. The molecule has 1 amide bonds. The zero-order valence-electron chi connectivity index (χ0n) is 24.0. The van der Waals surface area contributed by atoms with Gasteiger partial charge in [-0.2, -0.15) is 0 Å². The van der Waals surface area contributed by atoms with Gasteiger partial charge >= 0.3 is 32.0 Å². The zero-order chi connectivity index (χ0) is 29.8. The predicted octanol–water partition coefficient (Wildman–Crippen LogP) is -0.295. The van der Waals surface area contributed by atoms with Crippen LogP contribution in [0.2, 0.25) is 6.04 Å². The van der Waals surface area contributed by atoms with Gasteiger partial charge in [0.2, 0.25) is 0 Å². The molecule has 3 atom stereocenters. The SMILES string of the molecule is C=CCOCC(Cn1c(=O)n(CC2CO2)c(=O)n(CC2CO2)c1=O)OC(=O)NCCC[Si](OCC)(OCC)OCC. The third-order valence-corrected chi connectivity index (χ3v) is 9.34. The maximum absolute atomic E-state index is 13.2. The Bertz CT molecular complexity index is 1110. The van der Waals surface area contributed by atoms with Crippen molar-refractivity contribution < 1.29 is 37.0 Å². The van der Waals surface area contributed by atoms with E-state index in [4.69, 9.17) is 32.2 Å². The first-order valence-corrected chi connectivity index (χ1v) is 15.9. The molecule has 3 heterocycles. The third kappa shape index (κ3) is 10.0. The Morgan fingerprint density at radius 2 is 1.49 bits per heavy atom. The van der Waals surface area contributed by atoms with Crippen molar-refractivity contribution in [2.24, 2.45) is 0 Å². The van der Waals surface area contributed by atoms with Crippen LogP contribution in [0.5, 0.6) is 0 Å². The fraction of sp³-hybridized carbons (Fsp3) is 0.760. The van der Waals surface area contributed by atoms with Gasteiger partial charge in [-0.3, -0.25) is 0 Å². The minimum absolute atomic E-state index is 0.0124. The van der Waals surface area contributed by atoms with Crippen molar-refractivity contribution in [3.05, 3.63) is 44.1 Å². The quantitative estimate of drug-likeness (QED) is 0.0850. The molecular formula is C25H42N4O11Si. The summed E-state index contributed by atoms with van der Waals surface area (Å²) < 4.78 is 41.7. The number of alkyl carbamates (subject to hydrolysis) is 1. The molecule has 2 saturated heterocycles. The minimum Gasteiger partial charge on any atom is -0.442 e. The molecule has 1 N–H and O–H groups in total. The Balaban J connectivity index is 1.70. The first kappa shape index (κ1) is 32.9. The number of hydrogen-bond donors (Lipinski definition) is 1. The zero-order valence-corrected chi connectivity index (χ0v) is 25.0. The van der Waals surface area contributed by atoms with E-state index in [-0.39, 0.29) is 51.6 Å². The molecule has 0 aromatic carbocycles. The predicted molar refractivity (Wildman–Crippen MR) is 148 cm³/mol. The Hall–Kier alpha value is -2.60. The van der Waals surface area contributed by atoms with Crippen LogP contribution < -0.4 is 22.4 Å². The molecule has 41 heavy (non-hydrogen) atoms. The molecule has 1 aromatic heterocycles. The maximum atomic E-state index is 13.2. The van der Waals surface area contributed by atoms with Gasteiger partial charge in [-0.15, -0.1) is 6.58 Å². The van der Waals surface area contributed by atoms with Crippen LogP contribution in [0, 0.1) is 0 Å². The number of aromatic nitrogens is 3. The van der Waals surface area contributed by atoms with Gasteiger partial charge < -0.3 is 37.5 Å². The van der Waals surface area contributed by atoms with E-state index >= 15 is 0 Å². The van der Waals surface area contributed by atoms with E-state index < -0.39 is 38.1 Å². The molecule has 3 rings (SSSR count). The fourth-order valence-electron chi connectivity index (χ4n) is 4.21. The van der Waals surface area contributed by atoms with Crippen molar-refractivity contribution in [1.29, 1.82) is 0 Å². The molecule has 2 fully saturated rings. The normalized spacial score (nSPS) is 18.6. The molecule has 0 bridgehead atoms. The minimum atomic E-state index is -2.86. The van der Waals surface area contributed by atoms with E-state index in [0.717, 1.165) is 13.7 Å². The summed E-state index contributed by atoms with van der Waals surface area (Å²) in [5.74, 6) is 0. The van der Waals surface area contributed by atoms with E-state index in [0.29, 0.717) is 45.5 Å². The fourth-order valence-corrected chi connectivity index (χ4v) is 6.82. The van der Waals surface area contributed by atoms with E-state index in [9.17, 15) is 19.2 Å². The number of rotatable bonds is 21. The lowest BCUT2D eigenvalue weighted by Gasteiger charge is -2.28. The number of epoxide rings is 2. The molecule has 2 aliphatic rings. The first-order valence-electron chi connectivity index (χ1n) is 14.0. The Kier molecular flexibility index (Phi) is 13.0. The van der Waals surface area contributed by atoms with E-state index in [1.807, 2.05) is 20.8 Å². The van der Waals surface area contributed by atoms with Gasteiger partial charge in [-0.05, 0) is 27.2 Å². The number of nitrogens with zero attached hydrogens (tertiary/aromatic N) is 3. The number of carbonyl (C=O) groups is 1. The van der Waals surface area contributed by atoms with Crippen molar-refractivity contribution >= 4 is 14.9 Å². The largest absolute Gasteiger partial charge is 0.500 e. The van der Waals surface area contributed by atoms with Crippen LogP contribution in [0.3, 0.4) is 0 Å². The average Bonchev–Trinajstić information content (AvgIpc) is 3.87. The Labute approximate surface area is 239 Å². The smallest absolute Gasteiger partial charge is 0.442 e. The second-order valence-corrected chi connectivity index (χ2v) is 12.2. The highest BCUT2D eigenvalue weighted by molar-refractivity contribution is 6.60. The first-order chi connectivity index (χ1) is 19.8. The second kappa shape index (κ2) is 16.1. The average molecular weight is 603 g/mol. The van der Waals surface area contributed by atoms with Crippen molar-refractivity contribution in [1.82, 2.24) is 19.0 Å². The van der Waals surface area contributed by atoms with Gasteiger partial charge in [0.05, 0.1) is 58.3 Å². The lowest BCUT2D eigenvalue weighted by atomic mass is 10.3. The highest BCUT2D eigenvalue weighted by Crippen LogP contribution is 2.18. The van der Waals surface area contributed by atoms with Gasteiger partial charge in [-0.1, -0.05) is 6.08 Å². The summed E-state index contributed by atoms with van der Waals surface area (Å²) in [4.78, 5) is 52.1. The third-order valence-electron chi connectivity index (χ3n) is 6.18.